The first-order valence-corrected chi connectivity index (χ1v) is 13.4. The summed E-state index contributed by atoms with van der Waals surface area (Å²) in [5.74, 6) is -0.416. The molecule has 4 aromatic rings. The van der Waals surface area contributed by atoms with Crippen LogP contribution in [0.5, 0.6) is 0 Å². The van der Waals surface area contributed by atoms with E-state index in [1.54, 1.807) is 41.4 Å². The maximum absolute atomic E-state index is 13.7. The highest BCUT2D eigenvalue weighted by Crippen LogP contribution is 2.31. The Bertz CT molecular complexity index is 1660. The number of aromatic nitrogens is 2. The van der Waals surface area contributed by atoms with Gasteiger partial charge in [0.1, 0.15) is 17.4 Å². The number of amides is 2. The number of Topliss-reactive ketones (excluding diaryl/α,β-unsaturated/α-hetero) is 1. The summed E-state index contributed by atoms with van der Waals surface area (Å²) in [6.07, 6.45) is -3.40. The first-order valence-electron chi connectivity index (χ1n) is 13.4. The van der Waals surface area contributed by atoms with E-state index in [2.05, 4.69) is 20.6 Å². The third-order valence-corrected chi connectivity index (χ3v) is 7.01. The van der Waals surface area contributed by atoms with Crippen LogP contribution in [-0.2, 0) is 23.8 Å². The van der Waals surface area contributed by atoms with Gasteiger partial charge in [-0.1, -0.05) is 18.2 Å². The van der Waals surface area contributed by atoms with Crippen molar-refractivity contribution in [2.75, 3.05) is 35.3 Å². The first-order chi connectivity index (χ1) is 20.5. The molecule has 0 saturated carbocycles. The number of carbonyl (C=O) groups is 2. The molecule has 0 unspecified atom stereocenters. The van der Waals surface area contributed by atoms with Crippen LogP contribution < -0.4 is 20.4 Å². The molecule has 12 heteroatoms. The van der Waals surface area contributed by atoms with Crippen molar-refractivity contribution in [1.82, 2.24) is 15.3 Å². The van der Waals surface area contributed by atoms with Gasteiger partial charge in [-0.25, -0.2) is 14.2 Å². The fourth-order valence-corrected chi connectivity index (χ4v) is 4.81. The monoisotopic (exact) mass is 592 g/mol. The van der Waals surface area contributed by atoms with Crippen LogP contribution in [0.1, 0.15) is 22.3 Å². The predicted molar refractivity (Wildman–Crippen MR) is 156 cm³/mol. The van der Waals surface area contributed by atoms with Crippen LogP contribution in [0.25, 0.3) is 0 Å². The summed E-state index contributed by atoms with van der Waals surface area (Å²) < 4.78 is 52.7. The van der Waals surface area contributed by atoms with Crippen molar-refractivity contribution >= 4 is 40.6 Å². The average Bonchev–Trinajstić information content (AvgIpc) is 3.39. The Morgan fingerprint density at radius 2 is 1.77 bits per heavy atom. The molecule has 1 aliphatic heterocycles. The lowest BCUT2D eigenvalue weighted by atomic mass is 10.0. The molecule has 222 valence electrons. The smallest absolute Gasteiger partial charge is 0.336 e. The third kappa shape index (κ3) is 7.08. The van der Waals surface area contributed by atoms with Crippen molar-refractivity contribution in [1.29, 1.82) is 0 Å². The van der Waals surface area contributed by atoms with Crippen LogP contribution in [-0.4, -0.2) is 41.9 Å². The van der Waals surface area contributed by atoms with E-state index in [1.165, 1.54) is 0 Å². The molecular weight excluding hydrogens is 564 g/mol. The Kier molecular flexibility index (Phi) is 8.29. The van der Waals surface area contributed by atoms with Gasteiger partial charge in [-0.2, -0.15) is 18.2 Å². The van der Waals surface area contributed by atoms with Gasteiger partial charge >= 0.3 is 12.2 Å². The molecule has 8 nitrogen and oxygen atoms in total. The maximum Gasteiger partial charge on any atom is 0.416 e. The largest absolute Gasteiger partial charge is 0.416 e. The number of hydrogen-bond acceptors (Lipinski definition) is 6. The molecule has 0 atom stereocenters. The van der Waals surface area contributed by atoms with Crippen molar-refractivity contribution in [2.45, 2.75) is 25.9 Å². The van der Waals surface area contributed by atoms with Crippen molar-refractivity contribution in [2.24, 2.45) is 0 Å². The van der Waals surface area contributed by atoms with Crippen LogP contribution in [0.15, 0.2) is 72.9 Å². The van der Waals surface area contributed by atoms with E-state index in [0.29, 0.717) is 36.5 Å². The van der Waals surface area contributed by atoms with Crippen LogP contribution in [0, 0.1) is 12.7 Å². The molecule has 0 bridgehead atoms. The molecule has 1 aromatic heterocycles. The van der Waals surface area contributed by atoms with E-state index in [1.807, 2.05) is 37.1 Å². The summed E-state index contributed by atoms with van der Waals surface area (Å²) in [5, 5.41) is 6.00. The third-order valence-electron chi connectivity index (χ3n) is 7.01. The molecule has 2 heterocycles. The van der Waals surface area contributed by atoms with E-state index in [9.17, 15) is 27.2 Å². The zero-order valence-corrected chi connectivity index (χ0v) is 23.4. The second kappa shape index (κ2) is 12.1. The van der Waals surface area contributed by atoms with Crippen molar-refractivity contribution in [3.8, 4) is 0 Å². The van der Waals surface area contributed by atoms with E-state index < -0.39 is 17.6 Å². The minimum atomic E-state index is -4.70. The number of nitrogens with one attached hydrogen (secondary N) is 2. The fourth-order valence-electron chi connectivity index (χ4n) is 4.81. The molecule has 0 aliphatic carbocycles. The Morgan fingerprint density at radius 1 is 1.02 bits per heavy atom. The van der Waals surface area contributed by atoms with Gasteiger partial charge in [-0.05, 0) is 72.1 Å². The maximum atomic E-state index is 13.7. The molecule has 0 radical (unpaired) electrons. The molecule has 5 rings (SSSR count). The molecule has 43 heavy (non-hydrogen) atoms. The van der Waals surface area contributed by atoms with E-state index in [-0.39, 0.29) is 30.2 Å². The van der Waals surface area contributed by atoms with E-state index in [4.69, 9.17) is 0 Å². The number of alkyl halides is 3. The lowest BCUT2D eigenvalue weighted by molar-refractivity contribution is -0.138. The van der Waals surface area contributed by atoms with Crippen LogP contribution in [0.3, 0.4) is 0 Å². The standard InChI is InChI=1S/C31H28F4N6O2/c1-19-3-6-24(18-27(19)41-12-11-37-30(41)43)38-29-36-10-9-28(39-29)40(2)25-7-4-20(5-8-25)15-26(42)16-21-13-22(31(33,34)35)17-23(32)14-21/h3-10,13-14,17-18H,11-12,15-16H2,1-2H3,(H,37,43)(H,36,38,39). The van der Waals surface area contributed by atoms with Crippen LogP contribution in [0.4, 0.5) is 51.2 Å². The highest BCUT2D eigenvalue weighted by molar-refractivity contribution is 5.95. The fraction of sp³-hybridized carbons (Fsp3) is 0.226. The number of carbonyl (C=O) groups excluding carboxylic acids is 2. The number of urea groups is 1. The molecule has 0 spiro atoms. The van der Waals surface area contributed by atoms with Gasteiger partial charge in [0.2, 0.25) is 5.95 Å². The quantitative estimate of drug-likeness (QED) is 0.221. The molecular formula is C31H28F4N6O2. The summed E-state index contributed by atoms with van der Waals surface area (Å²) in [4.78, 5) is 37.1. The number of rotatable bonds is 9. The second-order valence-corrected chi connectivity index (χ2v) is 10.2. The summed E-state index contributed by atoms with van der Waals surface area (Å²) in [5.41, 5.74) is 2.79. The predicted octanol–water partition coefficient (Wildman–Crippen LogP) is 6.34. The average molecular weight is 593 g/mol. The highest BCUT2D eigenvalue weighted by Gasteiger charge is 2.31. The SMILES string of the molecule is Cc1ccc(Nc2nccc(N(C)c3ccc(CC(=O)Cc4cc(F)cc(C(F)(F)F)c4)cc3)n2)cc1N1CCNC1=O. The van der Waals surface area contributed by atoms with E-state index >= 15 is 0 Å². The van der Waals surface area contributed by atoms with E-state index in [0.717, 1.165) is 34.8 Å². The Hall–Kier alpha value is -5.00. The number of hydrogen-bond donors (Lipinski definition) is 2. The van der Waals surface area contributed by atoms with Gasteiger partial charge in [0.05, 0.1) is 11.3 Å². The van der Waals surface area contributed by atoms with Gasteiger partial charge in [-0.3, -0.25) is 9.69 Å². The van der Waals surface area contributed by atoms with Crippen molar-refractivity contribution in [3.63, 3.8) is 0 Å². The first kappa shape index (κ1) is 29.5. The van der Waals surface area contributed by atoms with Gasteiger partial charge < -0.3 is 15.5 Å². The zero-order chi connectivity index (χ0) is 30.7. The molecule has 3 aromatic carbocycles. The molecule has 2 amide bonds. The number of halogens is 4. The topological polar surface area (TPSA) is 90.5 Å². The number of aryl methyl sites for hydroxylation is 1. The number of ketones is 1. The lowest BCUT2D eigenvalue weighted by Gasteiger charge is -2.20. The number of anilines is 5. The Balaban J connectivity index is 1.23. The molecule has 1 aliphatic rings. The highest BCUT2D eigenvalue weighted by atomic mass is 19.4. The minimum Gasteiger partial charge on any atom is -0.336 e. The molecule has 1 fully saturated rings. The Labute approximate surface area is 245 Å². The summed E-state index contributed by atoms with van der Waals surface area (Å²) in [7, 11) is 1.82. The molecule has 2 N–H and O–H groups in total. The molecule has 1 saturated heterocycles. The van der Waals surface area contributed by atoms with Crippen LogP contribution >= 0.6 is 0 Å². The van der Waals surface area contributed by atoms with Crippen molar-refractivity contribution in [3.05, 3.63) is 101 Å². The summed E-state index contributed by atoms with van der Waals surface area (Å²) >= 11 is 0. The van der Waals surface area contributed by atoms with Gasteiger partial charge in [0.15, 0.2) is 0 Å². The van der Waals surface area contributed by atoms with Gasteiger partial charge in [0.25, 0.3) is 0 Å². The number of nitrogens with zero attached hydrogens (tertiary/aromatic N) is 4. The second-order valence-electron chi connectivity index (χ2n) is 10.2. The minimum absolute atomic E-state index is 0.0128. The Morgan fingerprint density at radius 3 is 2.47 bits per heavy atom. The normalized spacial score (nSPS) is 13.2. The summed E-state index contributed by atoms with van der Waals surface area (Å²) in [6, 6.07) is 16.5. The zero-order valence-electron chi connectivity index (χ0n) is 23.4. The summed E-state index contributed by atoms with van der Waals surface area (Å²) in [6.45, 7) is 3.11. The van der Waals surface area contributed by atoms with Gasteiger partial charge in [0, 0.05) is 50.6 Å². The lowest BCUT2D eigenvalue weighted by Crippen LogP contribution is -2.28. The number of benzene rings is 3. The van der Waals surface area contributed by atoms with Crippen LogP contribution in [0.2, 0.25) is 0 Å². The van der Waals surface area contributed by atoms with Crippen molar-refractivity contribution < 1.29 is 27.2 Å². The van der Waals surface area contributed by atoms with Gasteiger partial charge in [-0.15, -0.1) is 0 Å².